The van der Waals surface area contributed by atoms with E-state index in [1.165, 1.54) is 30.5 Å². The van der Waals surface area contributed by atoms with Gasteiger partial charge in [-0.15, -0.1) is 0 Å². The Balaban J connectivity index is 1.82. The van der Waals surface area contributed by atoms with Crippen LogP contribution in [0.15, 0.2) is 70.8 Å². The number of anilines is 1. The van der Waals surface area contributed by atoms with Crippen molar-refractivity contribution in [1.82, 2.24) is 4.98 Å². The van der Waals surface area contributed by atoms with E-state index in [1.54, 1.807) is 37.3 Å². The summed E-state index contributed by atoms with van der Waals surface area (Å²) in [6.45, 7) is 2.06. The van der Waals surface area contributed by atoms with Gasteiger partial charge in [-0.3, -0.25) is 15.5 Å². The second-order valence-corrected chi connectivity index (χ2v) is 8.85. The highest BCUT2D eigenvalue weighted by molar-refractivity contribution is 14.1. The molecule has 2 aromatic carbocycles. The van der Waals surface area contributed by atoms with Crippen molar-refractivity contribution in [3.63, 3.8) is 0 Å². The maximum absolute atomic E-state index is 12.6. The normalized spacial score (nSPS) is 11.3. The smallest absolute Gasteiger partial charge is 0.339 e. The van der Waals surface area contributed by atoms with Crippen molar-refractivity contribution in [3.05, 3.63) is 80.0 Å². The Labute approximate surface area is 197 Å². The summed E-state index contributed by atoms with van der Waals surface area (Å²) in [6, 6.07) is 13.8. The van der Waals surface area contributed by atoms with Crippen molar-refractivity contribution in [3.8, 4) is 11.5 Å². The SMILES string of the molecule is CCOc1cc(/C=N\Nc2ccc([N+](=O)[O-])cn2)cc(I)c1OS(=O)(=O)c1ccccc1. The van der Waals surface area contributed by atoms with E-state index < -0.39 is 15.0 Å². The van der Waals surface area contributed by atoms with Gasteiger partial charge in [0.05, 0.1) is 21.3 Å². The molecule has 1 N–H and O–H groups in total. The number of hydrogen-bond acceptors (Lipinski definition) is 9. The van der Waals surface area contributed by atoms with Crippen LogP contribution in [0.3, 0.4) is 0 Å². The predicted molar refractivity (Wildman–Crippen MR) is 127 cm³/mol. The average molecular weight is 568 g/mol. The molecule has 0 unspecified atom stereocenters. The minimum Gasteiger partial charge on any atom is -0.490 e. The monoisotopic (exact) mass is 568 g/mol. The van der Waals surface area contributed by atoms with Crippen LogP contribution in [0.5, 0.6) is 11.5 Å². The van der Waals surface area contributed by atoms with E-state index in [9.17, 15) is 18.5 Å². The summed E-state index contributed by atoms with van der Waals surface area (Å²) < 4.78 is 36.7. The van der Waals surface area contributed by atoms with Gasteiger partial charge in [-0.2, -0.15) is 13.5 Å². The Morgan fingerprint density at radius 3 is 2.59 bits per heavy atom. The lowest BCUT2D eigenvalue weighted by molar-refractivity contribution is -0.385. The first-order valence-electron chi connectivity index (χ1n) is 9.15. The van der Waals surface area contributed by atoms with Crippen LogP contribution in [0.2, 0.25) is 0 Å². The molecule has 0 aliphatic carbocycles. The Hall–Kier alpha value is -3.26. The molecule has 0 bridgehead atoms. The summed E-state index contributed by atoms with van der Waals surface area (Å²) in [7, 11) is -4.04. The fraction of sp³-hybridized carbons (Fsp3) is 0.100. The molecule has 12 heteroatoms. The zero-order valence-corrected chi connectivity index (χ0v) is 19.6. The molecule has 0 amide bonds. The van der Waals surface area contributed by atoms with Crippen molar-refractivity contribution in [2.45, 2.75) is 11.8 Å². The molecule has 0 atom stereocenters. The molecular weight excluding hydrogens is 551 g/mol. The molecule has 0 saturated heterocycles. The zero-order chi connectivity index (χ0) is 23.1. The number of ether oxygens (including phenoxy) is 1. The Morgan fingerprint density at radius 1 is 1.22 bits per heavy atom. The molecule has 0 saturated carbocycles. The van der Waals surface area contributed by atoms with Gasteiger partial charge in [0, 0.05) is 6.07 Å². The van der Waals surface area contributed by atoms with Gasteiger partial charge in [0.2, 0.25) is 0 Å². The predicted octanol–water partition coefficient (Wildman–Crippen LogP) is 4.21. The number of pyridine rings is 1. The first-order valence-corrected chi connectivity index (χ1v) is 11.6. The van der Waals surface area contributed by atoms with Crippen LogP contribution < -0.4 is 14.3 Å². The van der Waals surface area contributed by atoms with Crippen LogP contribution in [-0.4, -0.2) is 31.1 Å². The molecule has 0 aliphatic heterocycles. The second kappa shape index (κ2) is 10.4. The molecule has 166 valence electrons. The molecule has 1 heterocycles. The topological polar surface area (TPSA) is 133 Å². The number of rotatable bonds is 9. The highest BCUT2D eigenvalue weighted by Gasteiger charge is 2.21. The Bertz CT molecular complexity index is 1230. The van der Waals surface area contributed by atoms with Gasteiger partial charge in [0.25, 0.3) is 5.69 Å². The van der Waals surface area contributed by atoms with E-state index in [0.717, 1.165) is 6.20 Å². The quantitative estimate of drug-likeness (QED) is 0.134. The molecular formula is C20H17IN4O6S. The van der Waals surface area contributed by atoms with Gasteiger partial charge in [0.1, 0.15) is 16.9 Å². The molecule has 32 heavy (non-hydrogen) atoms. The summed E-state index contributed by atoms with van der Waals surface area (Å²) in [5.74, 6) is 0.646. The first kappa shape index (κ1) is 23.4. The highest BCUT2D eigenvalue weighted by atomic mass is 127. The third-order valence-corrected chi connectivity index (χ3v) is 5.94. The molecule has 10 nitrogen and oxygen atoms in total. The molecule has 1 aromatic heterocycles. The molecule has 0 radical (unpaired) electrons. The number of halogens is 1. The van der Waals surface area contributed by atoms with Crippen molar-refractivity contribution < 1.29 is 22.3 Å². The van der Waals surface area contributed by atoms with Crippen molar-refractivity contribution in [2.24, 2.45) is 5.10 Å². The highest BCUT2D eigenvalue weighted by Crippen LogP contribution is 2.36. The van der Waals surface area contributed by atoms with Crippen molar-refractivity contribution in [1.29, 1.82) is 0 Å². The number of nitrogens with zero attached hydrogens (tertiary/aromatic N) is 3. The van der Waals surface area contributed by atoms with Gasteiger partial charge in [-0.25, -0.2) is 4.98 Å². The minimum absolute atomic E-state index is 0.0312. The van der Waals surface area contributed by atoms with Crippen LogP contribution in [0.4, 0.5) is 11.5 Å². The van der Waals surface area contributed by atoms with Crippen molar-refractivity contribution in [2.75, 3.05) is 12.0 Å². The maximum Gasteiger partial charge on any atom is 0.339 e. The van der Waals surface area contributed by atoms with Crippen LogP contribution in [0.1, 0.15) is 12.5 Å². The third-order valence-electron chi connectivity index (χ3n) is 3.91. The largest absolute Gasteiger partial charge is 0.490 e. The number of hydrogen-bond donors (Lipinski definition) is 1. The fourth-order valence-electron chi connectivity index (χ4n) is 2.48. The standard InChI is InChI=1S/C20H17IN4O6S/c1-2-30-18-11-14(12-23-24-19-9-8-15(13-22-19)25(26)27)10-17(21)20(18)31-32(28,29)16-6-4-3-5-7-16/h3-13H,2H2,1H3,(H,22,24)/b23-12-. The summed E-state index contributed by atoms with van der Waals surface area (Å²) in [4.78, 5) is 14.1. The lowest BCUT2D eigenvalue weighted by Crippen LogP contribution is -2.12. The van der Waals surface area contributed by atoms with Crippen LogP contribution in [0.25, 0.3) is 0 Å². The Kier molecular flexibility index (Phi) is 7.58. The summed E-state index contributed by atoms with van der Waals surface area (Å²) in [5.41, 5.74) is 3.15. The third kappa shape index (κ3) is 5.91. The van der Waals surface area contributed by atoms with Gasteiger partial charge in [-0.1, -0.05) is 18.2 Å². The molecule has 0 aliphatic rings. The summed E-state index contributed by atoms with van der Waals surface area (Å²) in [5, 5.41) is 14.7. The van der Waals surface area contributed by atoms with Crippen LogP contribution in [-0.2, 0) is 10.1 Å². The number of nitrogens with one attached hydrogen (secondary N) is 1. The van der Waals surface area contributed by atoms with Gasteiger partial charge < -0.3 is 8.92 Å². The van der Waals surface area contributed by atoms with E-state index >= 15 is 0 Å². The summed E-state index contributed by atoms with van der Waals surface area (Å²) >= 11 is 1.96. The van der Waals surface area contributed by atoms with E-state index in [-0.39, 0.29) is 22.1 Å². The Morgan fingerprint density at radius 2 is 1.97 bits per heavy atom. The lowest BCUT2D eigenvalue weighted by Gasteiger charge is -2.14. The van der Waals surface area contributed by atoms with Gasteiger partial charge >= 0.3 is 10.1 Å². The molecule has 3 aromatic rings. The number of benzene rings is 2. The molecule has 3 rings (SSSR count). The molecule has 0 spiro atoms. The average Bonchev–Trinajstić information content (AvgIpc) is 2.77. The zero-order valence-electron chi connectivity index (χ0n) is 16.6. The number of aromatic nitrogens is 1. The first-order chi connectivity index (χ1) is 15.3. The maximum atomic E-state index is 12.6. The van der Waals surface area contributed by atoms with Crippen LogP contribution in [0, 0.1) is 13.7 Å². The molecule has 0 fully saturated rings. The van der Waals surface area contributed by atoms with E-state index in [0.29, 0.717) is 21.6 Å². The van der Waals surface area contributed by atoms with Gasteiger partial charge in [-0.05, 0) is 65.4 Å². The number of nitro groups is 1. The van der Waals surface area contributed by atoms with E-state index in [2.05, 4.69) is 15.5 Å². The lowest BCUT2D eigenvalue weighted by atomic mass is 10.2. The number of hydrazone groups is 1. The van der Waals surface area contributed by atoms with Gasteiger partial charge in [0.15, 0.2) is 11.5 Å². The van der Waals surface area contributed by atoms with E-state index in [1.807, 2.05) is 22.6 Å². The second-order valence-electron chi connectivity index (χ2n) is 6.14. The fourth-order valence-corrected chi connectivity index (χ4v) is 4.35. The minimum atomic E-state index is -4.04. The van der Waals surface area contributed by atoms with Crippen LogP contribution >= 0.6 is 22.6 Å². The summed E-state index contributed by atoms with van der Waals surface area (Å²) in [6.07, 6.45) is 2.59. The van der Waals surface area contributed by atoms with E-state index in [4.69, 9.17) is 8.92 Å². The van der Waals surface area contributed by atoms with Crippen molar-refractivity contribution >= 4 is 50.4 Å².